The Bertz CT molecular complexity index is 362. The van der Waals surface area contributed by atoms with Crippen LogP contribution in [0.3, 0.4) is 0 Å². The first kappa shape index (κ1) is 12.6. The molecule has 1 aromatic heterocycles. The van der Waals surface area contributed by atoms with Gasteiger partial charge in [0.25, 0.3) is 5.91 Å². The number of aromatic nitrogens is 3. The third-order valence-corrected chi connectivity index (χ3v) is 2.19. The Labute approximate surface area is 95.0 Å². The molecule has 0 fully saturated rings. The van der Waals surface area contributed by atoms with E-state index >= 15 is 0 Å². The van der Waals surface area contributed by atoms with E-state index in [0.717, 1.165) is 6.42 Å². The van der Waals surface area contributed by atoms with E-state index in [2.05, 4.69) is 15.4 Å². The van der Waals surface area contributed by atoms with Crippen LogP contribution in [-0.2, 0) is 16.6 Å². The fourth-order valence-electron chi connectivity index (χ4n) is 1.12. The molecule has 0 bridgehead atoms. The number of carbonyl (C=O) groups excluding carboxylic acids is 1. The first-order valence-electron chi connectivity index (χ1n) is 5.32. The van der Waals surface area contributed by atoms with Gasteiger partial charge in [-0.25, -0.2) is 4.68 Å². The van der Waals surface area contributed by atoms with Gasteiger partial charge >= 0.3 is 0 Å². The Morgan fingerprint density at radius 3 is 2.81 bits per heavy atom. The predicted octanol–water partition coefficient (Wildman–Crippen LogP) is 0.877. The number of amides is 1. The summed E-state index contributed by atoms with van der Waals surface area (Å²) in [6.45, 7) is 5.75. The van der Waals surface area contributed by atoms with Crippen LogP contribution in [0.1, 0.15) is 26.1 Å². The highest BCUT2D eigenvalue weighted by atomic mass is 16.5. The van der Waals surface area contributed by atoms with Crippen molar-refractivity contribution in [2.75, 3.05) is 11.9 Å². The molecule has 0 aliphatic rings. The first-order chi connectivity index (χ1) is 7.52. The van der Waals surface area contributed by atoms with Gasteiger partial charge < -0.3 is 4.74 Å². The third kappa shape index (κ3) is 3.62. The molecule has 0 spiro atoms. The van der Waals surface area contributed by atoms with Gasteiger partial charge in [0.2, 0.25) is 5.95 Å². The summed E-state index contributed by atoms with van der Waals surface area (Å²) in [5.41, 5.74) is 0. The molecular formula is C10H18N4O2. The summed E-state index contributed by atoms with van der Waals surface area (Å²) < 4.78 is 6.83. The van der Waals surface area contributed by atoms with Crippen LogP contribution in [0.25, 0.3) is 0 Å². The predicted molar refractivity (Wildman–Crippen MR) is 60.1 cm³/mol. The monoisotopic (exact) mass is 226 g/mol. The summed E-state index contributed by atoms with van der Waals surface area (Å²) in [5.74, 6) is 0.853. The highest BCUT2D eigenvalue weighted by Crippen LogP contribution is 2.02. The first-order valence-corrected chi connectivity index (χ1v) is 5.32. The van der Waals surface area contributed by atoms with Crippen LogP contribution < -0.4 is 5.32 Å². The minimum Gasteiger partial charge on any atom is -0.369 e. The van der Waals surface area contributed by atoms with E-state index in [1.165, 1.54) is 4.68 Å². The van der Waals surface area contributed by atoms with Crippen molar-refractivity contribution < 1.29 is 9.53 Å². The molecule has 1 rings (SSSR count). The maximum Gasteiger partial charge on any atom is 0.252 e. The van der Waals surface area contributed by atoms with E-state index in [9.17, 15) is 4.79 Å². The Morgan fingerprint density at radius 1 is 1.62 bits per heavy atom. The molecule has 6 heteroatoms. The molecule has 1 heterocycles. The topological polar surface area (TPSA) is 69.0 Å². The highest BCUT2D eigenvalue weighted by Gasteiger charge is 2.09. The zero-order valence-corrected chi connectivity index (χ0v) is 10.1. The van der Waals surface area contributed by atoms with E-state index in [0.29, 0.717) is 11.8 Å². The molecule has 90 valence electrons. The fraction of sp³-hybridized carbons (Fsp3) is 0.700. The number of hydrogen-bond donors (Lipinski definition) is 1. The van der Waals surface area contributed by atoms with Gasteiger partial charge in [0.1, 0.15) is 12.4 Å². The lowest BCUT2D eigenvalue weighted by Gasteiger charge is -2.09. The van der Waals surface area contributed by atoms with Gasteiger partial charge in [0.15, 0.2) is 0 Å². The lowest BCUT2D eigenvalue weighted by atomic mass is 10.3. The molecule has 1 aromatic rings. The van der Waals surface area contributed by atoms with E-state index in [-0.39, 0.29) is 18.6 Å². The van der Waals surface area contributed by atoms with Gasteiger partial charge in [-0.2, -0.15) is 10.1 Å². The highest BCUT2D eigenvalue weighted by molar-refractivity contribution is 5.90. The Hall–Kier alpha value is -1.43. The second-order valence-corrected chi connectivity index (χ2v) is 3.68. The van der Waals surface area contributed by atoms with Gasteiger partial charge in [0.05, 0.1) is 6.10 Å². The van der Waals surface area contributed by atoms with Crippen LogP contribution in [-0.4, -0.2) is 33.4 Å². The molecule has 1 atom stereocenters. The number of carbonyl (C=O) groups is 1. The van der Waals surface area contributed by atoms with Crippen molar-refractivity contribution in [2.45, 2.75) is 33.3 Å². The summed E-state index contributed by atoms with van der Waals surface area (Å²) >= 11 is 0. The molecule has 0 aliphatic heterocycles. The van der Waals surface area contributed by atoms with E-state index < -0.39 is 0 Å². The summed E-state index contributed by atoms with van der Waals surface area (Å²) in [6.07, 6.45) is 0.975. The zero-order valence-electron chi connectivity index (χ0n) is 10.1. The number of ether oxygens (including phenoxy) is 1. The smallest absolute Gasteiger partial charge is 0.252 e. The summed E-state index contributed by atoms with van der Waals surface area (Å²) in [7, 11) is 1.73. The van der Waals surface area contributed by atoms with Gasteiger partial charge in [-0.05, 0) is 20.3 Å². The average Bonchev–Trinajstić information content (AvgIpc) is 2.54. The number of anilines is 1. The molecule has 1 N–H and O–H groups in total. The number of nitrogens with zero attached hydrogens (tertiary/aromatic N) is 3. The molecule has 1 amide bonds. The van der Waals surface area contributed by atoms with Crippen molar-refractivity contribution in [1.82, 2.24) is 14.8 Å². The van der Waals surface area contributed by atoms with Crippen LogP contribution >= 0.6 is 0 Å². The van der Waals surface area contributed by atoms with Gasteiger partial charge in [-0.15, -0.1) is 0 Å². The van der Waals surface area contributed by atoms with Crippen molar-refractivity contribution in [3.05, 3.63) is 5.82 Å². The minimum atomic E-state index is -0.212. The van der Waals surface area contributed by atoms with Crippen LogP contribution in [0.2, 0.25) is 0 Å². The molecular weight excluding hydrogens is 208 g/mol. The Balaban J connectivity index is 2.43. The summed E-state index contributed by atoms with van der Waals surface area (Å²) in [6, 6.07) is 0. The molecule has 0 radical (unpaired) electrons. The molecule has 0 saturated carbocycles. The Kier molecular flexibility index (Phi) is 4.42. The quantitative estimate of drug-likeness (QED) is 0.809. The molecule has 0 saturated heterocycles. The van der Waals surface area contributed by atoms with Crippen molar-refractivity contribution in [3.63, 3.8) is 0 Å². The second kappa shape index (κ2) is 5.60. The maximum absolute atomic E-state index is 11.5. The van der Waals surface area contributed by atoms with Gasteiger partial charge in [-0.3, -0.25) is 10.1 Å². The van der Waals surface area contributed by atoms with Gasteiger partial charge in [-0.1, -0.05) is 6.92 Å². The molecule has 6 nitrogen and oxygen atoms in total. The number of aryl methyl sites for hydroxylation is 2. The lowest BCUT2D eigenvalue weighted by Crippen LogP contribution is -2.23. The molecule has 0 aromatic carbocycles. The SMILES string of the molecule is CC[C@@H](C)OCC(=O)Nc1nc(C)nn1C. The molecule has 16 heavy (non-hydrogen) atoms. The van der Waals surface area contributed by atoms with Crippen LogP contribution in [0.4, 0.5) is 5.95 Å². The maximum atomic E-state index is 11.5. The largest absolute Gasteiger partial charge is 0.369 e. The Morgan fingerprint density at radius 2 is 2.31 bits per heavy atom. The summed E-state index contributed by atoms with van der Waals surface area (Å²) in [5, 5.41) is 6.66. The van der Waals surface area contributed by atoms with Crippen molar-refractivity contribution in [1.29, 1.82) is 0 Å². The van der Waals surface area contributed by atoms with E-state index in [4.69, 9.17) is 4.74 Å². The van der Waals surface area contributed by atoms with E-state index in [1.54, 1.807) is 14.0 Å². The minimum absolute atomic E-state index is 0.0426. The van der Waals surface area contributed by atoms with E-state index in [1.807, 2.05) is 13.8 Å². The average molecular weight is 226 g/mol. The lowest BCUT2D eigenvalue weighted by molar-refractivity contribution is -0.122. The second-order valence-electron chi connectivity index (χ2n) is 3.68. The van der Waals surface area contributed by atoms with Crippen molar-refractivity contribution in [2.24, 2.45) is 7.05 Å². The number of hydrogen-bond acceptors (Lipinski definition) is 4. The standard InChI is InChI=1S/C10H18N4O2/c1-5-7(2)16-6-9(15)12-10-11-8(3)13-14(10)4/h7H,5-6H2,1-4H3,(H,11,12,13,15)/t7-/m1/s1. The fourth-order valence-corrected chi connectivity index (χ4v) is 1.12. The van der Waals surface area contributed by atoms with Crippen molar-refractivity contribution >= 4 is 11.9 Å². The van der Waals surface area contributed by atoms with Crippen LogP contribution in [0, 0.1) is 6.92 Å². The van der Waals surface area contributed by atoms with Crippen LogP contribution in [0.5, 0.6) is 0 Å². The number of rotatable bonds is 5. The normalized spacial score (nSPS) is 12.5. The summed E-state index contributed by atoms with van der Waals surface area (Å²) in [4.78, 5) is 15.5. The third-order valence-electron chi connectivity index (χ3n) is 2.19. The zero-order chi connectivity index (χ0) is 12.1. The number of nitrogens with one attached hydrogen (secondary N) is 1. The molecule has 0 aliphatic carbocycles. The van der Waals surface area contributed by atoms with Crippen molar-refractivity contribution in [3.8, 4) is 0 Å². The molecule has 0 unspecified atom stereocenters. The van der Waals surface area contributed by atoms with Gasteiger partial charge in [0, 0.05) is 7.05 Å². The van der Waals surface area contributed by atoms with Crippen LogP contribution in [0.15, 0.2) is 0 Å².